The molecule has 2 heterocycles. The van der Waals surface area contributed by atoms with E-state index in [1.807, 2.05) is 12.1 Å². The number of unbranched alkanes of at least 4 members (excludes halogenated alkanes) is 4. The number of benzene rings is 2. The van der Waals surface area contributed by atoms with Crippen LogP contribution in [0.3, 0.4) is 0 Å². The summed E-state index contributed by atoms with van der Waals surface area (Å²) in [7, 11) is 0. The van der Waals surface area contributed by atoms with Crippen LogP contribution in [0.2, 0.25) is 0 Å². The maximum atomic E-state index is 10.7. The van der Waals surface area contributed by atoms with Gasteiger partial charge in [0.2, 0.25) is 0 Å². The van der Waals surface area contributed by atoms with Crippen molar-refractivity contribution in [2.75, 3.05) is 0 Å². The Labute approximate surface area is 279 Å². The zero-order valence-electron chi connectivity index (χ0n) is 30.0. The number of allylic oxidation sites excluding steroid dienone is 4. The lowest BCUT2D eigenvalue weighted by molar-refractivity contribution is 0.0104. The van der Waals surface area contributed by atoms with E-state index in [1.54, 1.807) is 0 Å². The minimum atomic E-state index is -0.177. The van der Waals surface area contributed by atoms with Crippen molar-refractivity contribution in [3.8, 4) is 23.0 Å². The molecule has 4 aliphatic rings. The lowest BCUT2D eigenvalue weighted by Crippen LogP contribution is -2.45. The molecular weight excluding hydrogens is 568 g/mol. The number of ether oxygens (including phenoxy) is 2. The van der Waals surface area contributed by atoms with Crippen molar-refractivity contribution in [2.45, 2.75) is 155 Å². The predicted molar refractivity (Wildman–Crippen MR) is 191 cm³/mol. The van der Waals surface area contributed by atoms with Crippen molar-refractivity contribution in [2.24, 2.45) is 11.8 Å². The van der Waals surface area contributed by atoms with Gasteiger partial charge in [0.1, 0.15) is 34.2 Å². The lowest BCUT2D eigenvalue weighted by atomic mass is 9.68. The van der Waals surface area contributed by atoms with Crippen LogP contribution in [0.5, 0.6) is 23.0 Å². The standard InChI is InChI=1S/2C21H30O2/c2*1-5-6-7-8-15-12-18(22)20-16-11-14(2)9-10-17(16)21(3,4)23-19(20)13-15/h2*11-13,16-17,22H,5-10H2,1-4H3/t2*16?,17-/m11/s1. The number of phenolic OH excluding ortho intramolecular Hbond substituents is 2. The first-order valence-electron chi connectivity index (χ1n) is 18.3. The fourth-order valence-electron chi connectivity index (χ4n) is 8.61. The summed E-state index contributed by atoms with van der Waals surface area (Å²) in [6, 6.07) is 8.26. The van der Waals surface area contributed by atoms with E-state index >= 15 is 0 Å². The third-order valence-corrected chi connectivity index (χ3v) is 11.2. The highest BCUT2D eigenvalue weighted by Gasteiger charge is 2.46. The number of phenols is 2. The number of fused-ring (bicyclic) bond motifs is 6. The molecule has 2 aromatic rings. The van der Waals surface area contributed by atoms with Crippen molar-refractivity contribution in [1.29, 1.82) is 0 Å². The maximum Gasteiger partial charge on any atom is 0.127 e. The van der Waals surface area contributed by atoms with Gasteiger partial charge in [0.15, 0.2) is 0 Å². The van der Waals surface area contributed by atoms with Crippen molar-refractivity contribution in [3.63, 3.8) is 0 Å². The van der Waals surface area contributed by atoms with Crippen LogP contribution in [0.25, 0.3) is 0 Å². The summed E-state index contributed by atoms with van der Waals surface area (Å²) in [5, 5.41) is 21.4. The molecule has 2 aliphatic heterocycles. The first-order valence-corrected chi connectivity index (χ1v) is 18.3. The Morgan fingerprint density at radius 3 is 1.39 bits per heavy atom. The fraction of sp³-hybridized carbons (Fsp3) is 0.619. The molecule has 6 rings (SSSR count). The molecular formula is C42H60O4. The second kappa shape index (κ2) is 14.1. The van der Waals surface area contributed by atoms with E-state index in [0.29, 0.717) is 23.3 Å². The van der Waals surface area contributed by atoms with Crippen LogP contribution in [0.15, 0.2) is 47.6 Å². The summed E-state index contributed by atoms with van der Waals surface area (Å²) in [4.78, 5) is 0. The highest BCUT2D eigenvalue weighted by molar-refractivity contribution is 5.55. The summed E-state index contributed by atoms with van der Waals surface area (Å²) in [5.41, 5.74) is 6.91. The quantitative estimate of drug-likeness (QED) is 0.226. The Morgan fingerprint density at radius 2 is 1.02 bits per heavy atom. The molecule has 2 aliphatic carbocycles. The summed E-state index contributed by atoms with van der Waals surface area (Å²) in [5.74, 6) is 4.09. The Morgan fingerprint density at radius 1 is 0.630 bits per heavy atom. The second-order valence-electron chi connectivity index (χ2n) is 15.7. The molecule has 4 nitrogen and oxygen atoms in total. The largest absolute Gasteiger partial charge is 0.507 e. The van der Waals surface area contributed by atoms with Crippen LogP contribution in [-0.2, 0) is 12.8 Å². The van der Waals surface area contributed by atoms with Crippen molar-refractivity contribution < 1.29 is 19.7 Å². The fourth-order valence-corrected chi connectivity index (χ4v) is 8.61. The minimum Gasteiger partial charge on any atom is -0.507 e. The van der Waals surface area contributed by atoms with Crippen molar-refractivity contribution >= 4 is 0 Å². The van der Waals surface area contributed by atoms with Gasteiger partial charge in [0.25, 0.3) is 0 Å². The molecule has 0 fully saturated rings. The normalized spacial score (nSPS) is 25.1. The molecule has 46 heavy (non-hydrogen) atoms. The Kier molecular flexibility index (Phi) is 10.5. The molecule has 0 bridgehead atoms. The van der Waals surface area contributed by atoms with Gasteiger partial charge < -0.3 is 19.7 Å². The smallest absolute Gasteiger partial charge is 0.127 e. The zero-order valence-corrected chi connectivity index (χ0v) is 30.0. The van der Waals surface area contributed by atoms with Crippen LogP contribution < -0.4 is 9.47 Å². The van der Waals surface area contributed by atoms with E-state index in [-0.39, 0.29) is 23.0 Å². The predicted octanol–water partition coefficient (Wildman–Crippen LogP) is 11.5. The number of hydrogen-bond donors (Lipinski definition) is 2. The van der Waals surface area contributed by atoms with Gasteiger partial charge in [-0.05, 0) is 128 Å². The van der Waals surface area contributed by atoms with Gasteiger partial charge >= 0.3 is 0 Å². The van der Waals surface area contributed by atoms with Crippen LogP contribution in [0.4, 0.5) is 0 Å². The third kappa shape index (κ3) is 7.32. The molecule has 0 amide bonds. The zero-order chi connectivity index (χ0) is 33.2. The molecule has 252 valence electrons. The van der Waals surface area contributed by atoms with Crippen LogP contribution in [0, 0.1) is 11.8 Å². The minimum absolute atomic E-state index is 0.177. The Hall–Kier alpha value is -2.88. The average Bonchev–Trinajstić information content (AvgIpc) is 2.96. The van der Waals surface area contributed by atoms with Gasteiger partial charge in [0, 0.05) is 34.8 Å². The molecule has 0 radical (unpaired) electrons. The van der Waals surface area contributed by atoms with E-state index in [4.69, 9.17) is 9.47 Å². The summed E-state index contributed by atoms with van der Waals surface area (Å²) in [6.45, 7) is 17.6. The van der Waals surface area contributed by atoms with E-state index in [2.05, 4.69) is 79.7 Å². The average molecular weight is 629 g/mol. The summed E-state index contributed by atoms with van der Waals surface area (Å²) >= 11 is 0. The van der Waals surface area contributed by atoms with Crippen molar-refractivity contribution in [3.05, 3.63) is 69.8 Å². The molecule has 0 saturated heterocycles. The first kappa shape index (κ1) is 34.5. The van der Waals surface area contributed by atoms with E-state index in [0.717, 1.165) is 61.2 Å². The van der Waals surface area contributed by atoms with Gasteiger partial charge in [-0.15, -0.1) is 0 Å². The van der Waals surface area contributed by atoms with Gasteiger partial charge in [-0.25, -0.2) is 0 Å². The number of aryl methyl sites for hydroxylation is 2. The highest BCUT2D eigenvalue weighted by atomic mass is 16.5. The SMILES string of the molecule is CCCCCc1cc(O)c2c(c1)OC(C)(C)[C@@H]1CCC(C)=CC21.CCCCCc1cc(O)c2c(c1)OC(C)(C)[C@@H]1CCC(C)=CC21. The molecule has 2 N–H and O–H groups in total. The van der Waals surface area contributed by atoms with E-state index in [1.165, 1.54) is 60.8 Å². The molecule has 0 saturated carbocycles. The Bertz CT molecular complexity index is 1330. The molecule has 0 spiro atoms. The third-order valence-electron chi connectivity index (χ3n) is 11.2. The lowest BCUT2D eigenvalue weighted by Gasteiger charge is -2.46. The number of rotatable bonds is 8. The molecule has 2 unspecified atom stereocenters. The van der Waals surface area contributed by atoms with Gasteiger partial charge in [0.05, 0.1) is 0 Å². The molecule has 4 heteroatoms. The van der Waals surface area contributed by atoms with Gasteiger partial charge in [-0.2, -0.15) is 0 Å². The van der Waals surface area contributed by atoms with Crippen molar-refractivity contribution in [1.82, 2.24) is 0 Å². The van der Waals surface area contributed by atoms with E-state index < -0.39 is 0 Å². The maximum absolute atomic E-state index is 10.7. The number of aromatic hydroxyl groups is 2. The van der Waals surface area contributed by atoms with Crippen LogP contribution in [-0.4, -0.2) is 21.4 Å². The monoisotopic (exact) mass is 628 g/mol. The van der Waals surface area contributed by atoms with Crippen LogP contribution in [0.1, 0.15) is 154 Å². The molecule has 2 aromatic carbocycles. The summed E-state index contributed by atoms with van der Waals surface area (Å²) < 4.78 is 12.7. The second-order valence-corrected chi connectivity index (χ2v) is 15.7. The Balaban J connectivity index is 0.000000181. The number of hydrogen-bond acceptors (Lipinski definition) is 4. The van der Waals surface area contributed by atoms with Crippen LogP contribution >= 0.6 is 0 Å². The summed E-state index contributed by atoms with van der Waals surface area (Å²) in [6.07, 6.45) is 18.5. The van der Waals surface area contributed by atoms with E-state index in [9.17, 15) is 10.2 Å². The van der Waals surface area contributed by atoms with Gasteiger partial charge in [-0.3, -0.25) is 0 Å². The topological polar surface area (TPSA) is 58.9 Å². The molecule has 0 aromatic heterocycles. The molecule has 4 atom stereocenters. The first-order chi connectivity index (χ1) is 21.8. The highest BCUT2D eigenvalue weighted by Crippen LogP contribution is 2.55. The van der Waals surface area contributed by atoms with Gasteiger partial charge in [-0.1, -0.05) is 62.8 Å².